The first kappa shape index (κ1) is 25.9. The molecule has 8 heteroatoms. The van der Waals surface area contributed by atoms with Crippen LogP contribution >= 0.6 is 0 Å². The maximum Gasteiger partial charge on any atom is 0.416 e. The van der Waals surface area contributed by atoms with Gasteiger partial charge < -0.3 is 20.3 Å². The Morgan fingerprint density at radius 3 is 2.32 bits per heavy atom. The fraction of sp³-hybridized carbons (Fsp3) is 0.500. The number of rotatable bonds is 7. The van der Waals surface area contributed by atoms with Gasteiger partial charge in [-0.2, -0.15) is 13.2 Å². The molecule has 1 atom stereocenters. The average Bonchev–Trinajstić information content (AvgIpc) is 2.77. The molecule has 34 heavy (non-hydrogen) atoms. The number of carbonyl (C=O) groups is 1. The first-order chi connectivity index (χ1) is 16.0. The normalized spacial score (nSPS) is 15.6. The lowest BCUT2D eigenvalue weighted by Crippen LogP contribution is -2.50. The third-order valence-electron chi connectivity index (χ3n) is 6.13. The number of alkyl halides is 3. The zero-order valence-electron chi connectivity index (χ0n) is 20.3. The highest BCUT2D eigenvalue weighted by Gasteiger charge is 2.33. The van der Waals surface area contributed by atoms with E-state index in [0.29, 0.717) is 49.6 Å². The minimum absolute atomic E-state index is 0.0469. The van der Waals surface area contributed by atoms with E-state index < -0.39 is 17.8 Å². The summed E-state index contributed by atoms with van der Waals surface area (Å²) in [6.45, 7) is 9.86. The summed E-state index contributed by atoms with van der Waals surface area (Å²) in [7, 11) is 0. The van der Waals surface area contributed by atoms with E-state index in [1.165, 1.54) is 12.1 Å². The second-order valence-corrected chi connectivity index (χ2v) is 9.43. The van der Waals surface area contributed by atoms with Crippen LogP contribution in [0.1, 0.15) is 48.6 Å². The molecule has 0 radical (unpaired) electrons. The number of aryl methyl sites for hydroxylation is 2. The third kappa shape index (κ3) is 6.44. The summed E-state index contributed by atoms with van der Waals surface area (Å²) >= 11 is 0. The maximum absolute atomic E-state index is 13.3. The average molecular weight is 478 g/mol. The van der Waals surface area contributed by atoms with E-state index in [9.17, 15) is 18.0 Å². The van der Waals surface area contributed by atoms with E-state index in [1.54, 1.807) is 4.90 Å². The molecular weight excluding hydrogens is 443 g/mol. The fourth-order valence-electron chi connectivity index (χ4n) is 4.34. The number of amides is 1. The molecule has 5 nitrogen and oxygen atoms in total. The van der Waals surface area contributed by atoms with Crippen LogP contribution in [0.4, 0.5) is 18.9 Å². The predicted octanol–water partition coefficient (Wildman–Crippen LogP) is 5.10. The Labute approximate surface area is 199 Å². The molecule has 0 aromatic heterocycles. The van der Waals surface area contributed by atoms with E-state index in [1.807, 2.05) is 50.8 Å². The lowest BCUT2D eigenvalue weighted by atomic mass is 9.94. The molecule has 1 fully saturated rings. The quantitative estimate of drug-likeness (QED) is 0.603. The van der Waals surface area contributed by atoms with Crippen molar-refractivity contribution < 1.29 is 22.7 Å². The molecule has 0 spiro atoms. The summed E-state index contributed by atoms with van der Waals surface area (Å²) in [5.74, 6) is 0.832. The predicted molar refractivity (Wildman–Crippen MR) is 128 cm³/mol. The van der Waals surface area contributed by atoms with Crippen LogP contribution in [0.2, 0.25) is 0 Å². The standard InChI is InChI=1S/C26H34F3N3O2/c1-17(2)13-22(30)21-15-20(26(27,28)29)6-7-23(21)31-9-11-32(12-10-31)25(33)16-34-24-8-5-18(3)14-19(24)4/h5-8,14-15,17,22H,9-13,16,30H2,1-4H3/t22-/m0/s1. The van der Waals surface area contributed by atoms with Gasteiger partial charge in [0, 0.05) is 37.9 Å². The van der Waals surface area contributed by atoms with Gasteiger partial charge in [-0.3, -0.25) is 4.79 Å². The van der Waals surface area contributed by atoms with Crippen molar-refractivity contribution in [1.29, 1.82) is 0 Å². The lowest BCUT2D eigenvalue weighted by molar-refractivity contribution is -0.137. The number of hydrogen-bond donors (Lipinski definition) is 1. The van der Waals surface area contributed by atoms with Crippen LogP contribution < -0.4 is 15.4 Å². The van der Waals surface area contributed by atoms with Crippen LogP contribution in [0, 0.1) is 19.8 Å². The number of ether oxygens (including phenoxy) is 1. The van der Waals surface area contributed by atoms with Gasteiger partial charge in [-0.25, -0.2) is 0 Å². The van der Waals surface area contributed by atoms with E-state index in [0.717, 1.165) is 17.2 Å². The van der Waals surface area contributed by atoms with Gasteiger partial charge in [-0.05, 0) is 61.6 Å². The van der Waals surface area contributed by atoms with Crippen molar-refractivity contribution in [2.45, 2.75) is 46.3 Å². The van der Waals surface area contributed by atoms with Crippen molar-refractivity contribution in [1.82, 2.24) is 4.90 Å². The van der Waals surface area contributed by atoms with E-state index in [-0.39, 0.29) is 18.4 Å². The summed E-state index contributed by atoms with van der Waals surface area (Å²) < 4.78 is 45.7. The van der Waals surface area contributed by atoms with Gasteiger partial charge in [0.2, 0.25) is 0 Å². The maximum atomic E-state index is 13.3. The second-order valence-electron chi connectivity index (χ2n) is 9.43. The van der Waals surface area contributed by atoms with E-state index >= 15 is 0 Å². The molecule has 2 aromatic rings. The van der Waals surface area contributed by atoms with Gasteiger partial charge in [0.15, 0.2) is 6.61 Å². The van der Waals surface area contributed by atoms with Crippen LogP contribution in [0.5, 0.6) is 5.75 Å². The molecule has 0 unspecified atom stereocenters. The van der Waals surface area contributed by atoms with Gasteiger partial charge in [0.25, 0.3) is 5.91 Å². The number of hydrogen-bond acceptors (Lipinski definition) is 4. The minimum atomic E-state index is -4.42. The summed E-state index contributed by atoms with van der Waals surface area (Å²) in [5, 5.41) is 0. The Kier molecular flexibility index (Phi) is 8.13. The van der Waals surface area contributed by atoms with Crippen molar-refractivity contribution in [3.05, 3.63) is 58.7 Å². The lowest BCUT2D eigenvalue weighted by Gasteiger charge is -2.38. The molecule has 1 aliphatic rings. The van der Waals surface area contributed by atoms with Crippen molar-refractivity contribution in [3.63, 3.8) is 0 Å². The monoisotopic (exact) mass is 477 g/mol. The molecule has 1 heterocycles. The van der Waals surface area contributed by atoms with Gasteiger partial charge >= 0.3 is 6.18 Å². The minimum Gasteiger partial charge on any atom is -0.484 e. The smallest absolute Gasteiger partial charge is 0.416 e. The van der Waals surface area contributed by atoms with Crippen molar-refractivity contribution >= 4 is 11.6 Å². The number of benzene rings is 2. The molecule has 3 rings (SSSR count). The highest BCUT2D eigenvalue weighted by molar-refractivity contribution is 5.78. The Balaban J connectivity index is 1.67. The number of anilines is 1. The molecule has 1 saturated heterocycles. The number of halogens is 3. The van der Waals surface area contributed by atoms with Gasteiger partial charge in [0.05, 0.1) is 5.56 Å². The molecule has 1 aliphatic heterocycles. The summed E-state index contributed by atoms with van der Waals surface area (Å²) in [6.07, 6.45) is -3.84. The molecule has 0 aliphatic carbocycles. The summed E-state index contributed by atoms with van der Waals surface area (Å²) in [4.78, 5) is 16.4. The fourth-order valence-corrected chi connectivity index (χ4v) is 4.34. The summed E-state index contributed by atoms with van der Waals surface area (Å²) in [6, 6.07) is 9.11. The number of carbonyl (C=O) groups excluding carboxylic acids is 1. The number of nitrogens with two attached hydrogens (primary N) is 1. The molecule has 186 valence electrons. The zero-order valence-corrected chi connectivity index (χ0v) is 20.3. The second kappa shape index (κ2) is 10.7. The SMILES string of the molecule is Cc1ccc(OCC(=O)N2CCN(c3ccc(C(F)(F)F)cc3[C@@H](N)CC(C)C)CC2)c(C)c1. The Bertz CT molecular complexity index is 999. The van der Waals surface area contributed by atoms with Gasteiger partial charge in [-0.15, -0.1) is 0 Å². The highest BCUT2D eigenvalue weighted by atomic mass is 19.4. The Morgan fingerprint density at radius 1 is 1.06 bits per heavy atom. The van der Waals surface area contributed by atoms with E-state index in [4.69, 9.17) is 10.5 Å². The van der Waals surface area contributed by atoms with Crippen molar-refractivity contribution in [2.24, 2.45) is 11.7 Å². The number of nitrogens with zero attached hydrogens (tertiary/aromatic N) is 2. The first-order valence-electron chi connectivity index (χ1n) is 11.6. The molecule has 0 saturated carbocycles. The Hall–Kier alpha value is -2.74. The molecule has 2 aromatic carbocycles. The van der Waals surface area contributed by atoms with Crippen LogP contribution in [-0.4, -0.2) is 43.6 Å². The van der Waals surface area contributed by atoms with Crippen LogP contribution in [0.3, 0.4) is 0 Å². The zero-order chi connectivity index (χ0) is 25.0. The molecule has 1 amide bonds. The first-order valence-corrected chi connectivity index (χ1v) is 11.6. The largest absolute Gasteiger partial charge is 0.484 e. The molecule has 2 N–H and O–H groups in total. The van der Waals surface area contributed by atoms with Gasteiger partial charge in [-0.1, -0.05) is 31.5 Å². The van der Waals surface area contributed by atoms with Crippen molar-refractivity contribution in [2.75, 3.05) is 37.7 Å². The number of piperazine rings is 1. The highest BCUT2D eigenvalue weighted by Crippen LogP contribution is 2.36. The summed E-state index contributed by atoms with van der Waals surface area (Å²) in [5.41, 5.74) is 8.95. The van der Waals surface area contributed by atoms with E-state index in [2.05, 4.69) is 0 Å². The Morgan fingerprint density at radius 2 is 1.74 bits per heavy atom. The van der Waals surface area contributed by atoms with Crippen LogP contribution in [0.15, 0.2) is 36.4 Å². The van der Waals surface area contributed by atoms with Gasteiger partial charge in [0.1, 0.15) is 5.75 Å². The van der Waals surface area contributed by atoms with Crippen LogP contribution in [-0.2, 0) is 11.0 Å². The van der Waals surface area contributed by atoms with Crippen molar-refractivity contribution in [3.8, 4) is 5.75 Å². The topological polar surface area (TPSA) is 58.8 Å². The van der Waals surface area contributed by atoms with Crippen LogP contribution in [0.25, 0.3) is 0 Å². The third-order valence-corrected chi connectivity index (χ3v) is 6.13. The molecular formula is C26H34F3N3O2. The molecule has 0 bridgehead atoms.